The van der Waals surface area contributed by atoms with Gasteiger partial charge in [-0.1, -0.05) is 0 Å². The lowest BCUT2D eigenvalue weighted by molar-refractivity contribution is -0.384. The van der Waals surface area contributed by atoms with E-state index in [2.05, 4.69) is 4.98 Å². The lowest BCUT2D eigenvalue weighted by Gasteiger charge is -2.10. The van der Waals surface area contributed by atoms with Gasteiger partial charge in [0.1, 0.15) is 6.61 Å². The number of nitro groups is 1. The van der Waals surface area contributed by atoms with Gasteiger partial charge in [0, 0.05) is 30.5 Å². The first-order valence-corrected chi connectivity index (χ1v) is 8.54. The van der Waals surface area contributed by atoms with Crippen molar-refractivity contribution in [1.29, 1.82) is 0 Å². The number of nitro benzene ring substituents is 1. The summed E-state index contributed by atoms with van der Waals surface area (Å²) in [5, 5.41) is 12.9. The zero-order chi connectivity index (χ0) is 17.8. The molecular weight excluding hydrogens is 346 g/mol. The van der Waals surface area contributed by atoms with Gasteiger partial charge in [0.25, 0.3) is 5.69 Å². The second-order valence-electron chi connectivity index (χ2n) is 5.53. The Morgan fingerprint density at radius 1 is 1.36 bits per heavy atom. The number of anilines is 1. The van der Waals surface area contributed by atoms with E-state index in [-0.39, 0.29) is 24.6 Å². The van der Waals surface area contributed by atoms with Crippen molar-refractivity contribution in [2.75, 3.05) is 11.4 Å². The molecule has 9 heteroatoms. The highest BCUT2D eigenvalue weighted by Gasteiger charge is 2.24. The number of ether oxygens (including phenoxy) is 1. The molecule has 0 N–H and O–H groups in total. The molecule has 0 radical (unpaired) electrons. The topological polar surface area (TPSA) is 103 Å². The van der Waals surface area contributed by atoms with Crippen molar-refractivity contribution >= 4 is 34.0 Å². The fourth-order valence-corrected chi connectivity index (χ4v) is 3.30. The number of carbonyl (C=O) groups is 2. The monoisotopic (exact) mass is 361 g/mol. The minimum Gasteiger partial charge on any atom is -0.461 e. The third-order valence-electron chi connectivity index (χ3n) is 3.72. The number of nitrogens with zero attached hydrogens (tertiary/aromatic N) is 3. The normalized spacial score (nSPS) is 13.9. The van der Waals surface area contributed by atoms with Crippen LogP contribution >= 0.6 is 11.3 Å². The van der Waals surface area contributed by atoms with Gasteiger partial charge in [-0.25, -0.2) is 4.98 Å². The average molecular weight is 361 g/mol. The van der Waals surface area contributed by atoms with E-state index in [0.29, 0.717) is 29.4 Å². The van der Waals surface area contributed by atoms with Gasteiger partial charge in [0.05, 0.1) is 17.0 Å². The number of aromatic nitrogens is 1. The molecule has 8 nitrogen and oxygen atoms in total. The predicted molar refractivity (Wildman–Crippen MR) is 90.3 cm³/mol. The van der Waals surface area contributed by atoms with Crippen LogP contribution in [-0.4, -0.2) is 28.3 Å². The Labute approximate surface area is 147 Å². The molecule has 3 rings (SSSR count). The molecule has 0 saturated carbocycles. The number of thiazole rings is 1. The summed E-state index contributed by atoms with van der Waals surface area (Å²) in [5.41, 5.74) is 1.22. The van der Waals surface area contributed by atoms with Gasteiger partial charge < -0.3 is 4.74 Å². The highest BCUT2D eigenvalue weighted by molar-refractivity contribution is 7.14. The van der Waals surface area contributed by atoms with Gasteiger partial charge in [0.15, 0.2) is 5.13 Å². The van der Waals surface area contributed by atoms with Crippen molar-refractivity contribution in [3.63, 3.8) is 0 Å². The molecular formula is C16H15N3O5S. The lowest BCUT2D eigenvalue weighted by atomic mass is 10.2. The van der Waals surface area contributed by atoms with Gasteiger partial charge in [-0.2, -0.15) is 0 Å². The van der Waals surface area contributed by atoms with Crippen LogP contribution in [0, 0.1) is 10.1 Å². The molecule has 0 aliphatic carbocycles. The standard InChI is InChI=1S/C16H15N3O5S/c20-14-2-1-7-18(14)16-17-12(10-25-16)8-15(21)24-9-11-3-5-13(6-4-11)19(22)23/h3-6,10H,1-2,7-9H2. The van der Waals surface area contributed by atoms with Crippen molar-refractivity contribution in [3.8, 4) is 0 Å². The Morgan fingerprint density at radius 3 is 2.76 bits per heavy atom. The zero-order valence-corrected chi connectivity index (χ0v) is 14.0. The van der Waals surface area contributed by atoms with Gasteiger partial charge >= 0.3 is 5.97 Å². The number of benzene rings is 1. The third-order valence-corrected chi connectivity index (χ3v) is 4.63. The Hall–Kier alpha value is -2.81. The molecule has 0 atom stereocenters. The van der Waals surface area contributed by atoms with Crippen LogP contribution in [0.3, 0.4) is 0 Å². The van der Waals surface area contributed by atoms with Crippen LogP contribution in [0.2, 0.25) is 0 Å². The summed E-state index contributed by atoms with van der Waals surface area (Å²) in [7, 11) is 0. The Kier molecular flexibility index (Phi) is 5.03. The van der Waals surface area contributed by atoms with Gasteiger partial charge in [-0.05, 0) is 24.1 Å². The van der Waals surface area contributed by atoms with E-state index >= 15 is 0 Å². The predicted octanol–water partition coefficient (Wildman–Crippen LogP) is 2.46. The van der Waals surface area contributed by atoms with Crippen LogP contribution in [0.5, 0.6) is 0 Å². The highest BCUT2D eigenvalue weighted by Crippen LogP contribution is 2.25. The molecule has 1 saturated heterocycles. The van der Waals surface area contributed by atoms with Gasteiger partial charge in [0.2, 0.25) is 5.91 Å². The molecule has 1 fully saturated rings. The van der Waals surface area contributed by atoms with Crippen LogP contribution in [0.1, 0.15) is 24.1 Å². The number of amides is 1. The van der Waals surface area contributed by atoms with E-state index in [1.54, 1.807) is 22.4 Å². The minimum atomic E-state index is -0.485. The summed E-state index contributed by atoms with van der Waals surface area (Å²) in [4.78, 5) is 39.7. The van der Waals surface area contributed by atoms with Crippen LogP contribution in [-0.2, 0) is 27.4 Å². The molecule has 25 heavy (non-hydrogen) atoms. The second-order valence-corrected chi connectivity index (χ2v) is 6.37. The maximum atomic E-state index is 11.9. The van der Waals surface area contributed by atoms with E-state index in [0.717, 1.165) is 6.42 Å². The van der Waals surface area contributed by atoms with E-state index < -0.39 is 10.9 Å². The minimum absolute atomic E-state index is 0.0125. The Morgan fingerprint density at radius 2 is 2.12 bits per heavy atom. The van der Waals surface area contributed by atoms with Crippen LogP contribution in [0.15, 0.2) is 29.6 Å². The molecule has 2 aromatic rings. The van der Waals surface area contributed by atoms with Crippen LogP contribution in [0.25, 0.3) is 0 Å². The van der Waals surface area contributed by atoms with Gasteiger partial charge in [-0.3, -0.25) is 24.6 Å². The Balaban J connectivity index is 1.51. The summed E-state index contributed by atoms with van der Waals surface area (Å²) in [6, 6.07) is 5.82. The maximum Gasteiger partial charge on any atom is 0.312 e. The first-order valence-electron chi connectivity index (χ1n) is 7.66. The molecule has 0 bridgehead atoms. The van der Waals surface area contributed by atoms with E-state index in [9.17, 15) is 19.7 Å². The molecule has 1 amide bonds. The number of hydrogen-bond donors (Lipinski definition) is 0. The molecule has 1 aliphatic rings. The number of esters is 1. The number of non-ortho nitro benzene ring substituents is 1. The lowest BCUT2D eigenvalue weighted by Crippen LogP contribution is -2.23. The summed E-state index contributed by atoms with van der Waals surface area (Å²) >= 11 is 1.33. The largest absolute Gasteiger partial charge is 0.461 e. The summed E-state index contributed by atoms with van der Waals surface area (Å²) in [6.07, 6.45) is 1.38. The summed E-state index contributed by atoms with van der Waals surface area (Å²) in [5.74, 6) is -0.385. The van der Waals surface area contributed by atoms with Crippen molar-refractivity contribution in [2.24, 2.45) is 0 Å². The van der Waals surface area contributed by atoms with Crippen molar-refractivity contribution < 1.29 is 19.2 Å². The number of hydrogen-bond acceptors (Lipinski definition) is 7. The maximum absolute atomic E-state index is 11.9. The molecule has 1 aromatic carbocycles. The van der Waals surface area contributed by atoms with E-state index in [4.69, 9.17) is 4.74 Å². The zero-order valence-electron chi connectivity index (χ0n) is 13.2. The molecule has 130 valence electrons. The van der Waals surface area contributed by atoms with Crippen LogP contribution < -0.4 is 4.90 Å². The third kappa shape index (κ3) is 4.18. The molecule has 2 heterocycles. The second kappa shape index (κ2) is 7.39. The molecule has 1 aromatic heterocycles. The van der Waals surface area contributed by atoms with Gasteiger partial charge in [-0.15, -0.1) is 11.3 Å². The molecule has 1 aliphatic heterocycles. The smallest absolute Gasteiger partial charge is 0.312 e. The SMILES string of the molecule is O=C(Cc1csc(N2CCCC2=O)n1)OCc1ccc([N+](=O)[O-])cc1. The fraction of sp³-hybridized carbons (Fsp3) is 0.312. The number of carbonyl (C=O) groups excluding carboxylic acids is 2. The van der Waals surface area contributed by atoms with E-state index in [1.165, 1.54) is 23.5 Å². The first-order chi connectivity index (χ1) is 12.0. The van der Waals surface area contributed by atoms with Crippen molar-refractivity contribution in [2.45, 2.75) is 25.9 Å². The molecule has 0 unspecified atom stereocenters. The van der Waals surface area contributed by atoms with Crippen LogP contribution in [0.4, 0.5) is 10.8 Å². The summed E-state index contributed by atoms with van der Waals surface area (Å²) < 4.78 is 5.16. The average Bonchev–Trinajstić information content (AvgIpc) is 3.22. The highest BCUT2D eigenvalue weighted by atomic mass is 32.1. The van der Waals surface area contributed by atoms with Crippen molar-refractivity contribution in [1.82, 2.24) is 4.98 Å². The van der Waals surface area contributed by atoms with E-state index in [1.807, 2.05) is 0 Å². The Bertz CT molecular complexity index is 802. The van der Waals surface area contributed by atoms with Crippen molar-refractivity contribution in [3.05, 3.63) is 51.0 Å². The fourth-order valence-electron chi connectivity index (χ4n) is 2.43. The summed E-state index contributed by atoms with van der Waals surface area (Å²) in [6.45, 7) is 0.703. The molecule has 0 spiro atoms. The number of rotatable bonds is 6. The quantitative estimate of drug-likeness (QED) is 0.445. The first kappa shape index (κ1) is 17.0.